The first kappa shape index (κ1) is 15.5. The number of hydrogen-bond acceptors (Lipinski definition) is 5. The predicted molar refractivity (Wildman–Crippen MR) is 85.8 cm³/mol. The number of para-hydroxylation sites is 1. The molecule has 0 spiro atoms. The van der Waals surface area contributed by atoms with Crippen LogP contribution in [-0.4, -0.2) is 29.0 Å². The molecule has 1 aromatic carbocycles. The van der Waals surface area contributed by atoms with Gasteiger partial charge in [-0.05, 0) is 19.1 Å². The molecule has 7 heteroatoms. The molecule has 1 aliphatic heterocycles. The number of carbonyl (C=O) groups is 1. The Morgan fingerprint density at radius 3 is 2.87 bits per heavy atom. The van der Waals surface area contributed by atoms with Crippen molar-refractivity contribution in [2.75, 3.05) is 7.11 Å². The Kier molecular flexibility index (Phi) is 4.31. The van der Waals surface area contributed by atoms with E-state index in [0.29, 0.717) is 5.69 Å². The van der Waals surface area contributed by atoms with Crippen LogP contribution in [0.2, 0.25) is 0 Å². The highest BCUT2D eigenvalue weighted by Gasteiger charge is 2.28. The molecule has 0 radical (unpaired) electrons. The van der Waals surface area contributed by atoms with Crippen molar-refractivity contribution in [1.82, 2.24) is 25.9 Å². The fraction of sp³-hybridized carbons (Fsp3) is 0.375. The van der Waals surface area contributed by atoms with Gasteiger partial charge in [-0.15, -0.1) is 0 Å². The summed E-state index contributed by atoms with van der Waals surface area (Å²) in [4.78, 5) is 12.3. The molecule has 1 fully saturated rings. The van der Waals surface area contributed by atoms with Gasteiger partial charge in [-0.2, -0.15) is 5.10 Å². The molecule has 0 saturated carbocycles. The monoisotopic (exact) mass is 315 g/mol. The maximum absolute atomic E-state index is 12.3. The smallest absolute Gasteiger partial charge is 0.270 e. The van der Waals surface area contributed by atoms with Crippen LogP contribution < -0.4 is 20.9 Å². The van der Waals surface area contributed by atoms with E-state index in [1.807, 2.05) is 31.2 Å². The molecule has 122 valence electrons. The van der Waals surface area contributed by atoms with Crippen LogP contribution in [0.25, 0.3) is 0 Å². The van der Waals surface area contributed by atoms with Gasteiger partial charge in [-0.25, -0.2) is 10.9 Å². The minimum atomic E-state index is -0.160. The van der Waals surface area contributed by atoms with Gasteiger partial charge in [0.05, 0.1) is 25.0 Å². The Morgan fingerprint density at radius 2 is 2.17 bits per heavy atom. The van der Waals surface area contributed by atoms with E-state index in [4.69, 9.17) is 4.74 Å². The molecule has 2 heterocycles. The lowest BCUT2D eigenvalue weighted by Gasteiger charge is -2.14. The van der Waals surface area contributed by atoms with Gasteiger partial charge in [0.15, 0.2) is 0 Å². The molecule has 3 N–H and O–H groups in total. The number of nitrogens with zero attached hydrogens (tertiary/aromatic N) is 2. The number of nitrogens with one attached hydrogen (secondary N) is 3. The zero-order valence-electron chi connectivity index (χ0n) is 13.5. The molecule has 0 aliphatic carbocycles. The van der Waals surface area contributed by atoms with Crippen LogP contribution in [0.1, 0.15) is 34.2 Å². The topological polar surface area (TPSA) is 80.2 Å². The first-order valence-corrected chi connectivity index (χ1v) is 7.54. The lowest BCUT2D eigenvalue weighted by molar-refractivity contribution is 0.0922. The molecular formula is C16H21N5O2. The largest absolute Gasteiger partial charge is 0.496 e. The summed E-state index contributed by atoms with van der Waals surface area (Å²) >= 11 is 0. The van der Waals surface area contributed by atoms with Gasteiger partial charge in [0, 0.05) is 19.0 Å². The standard InChI is InChI=1S/C16H21N5O2/c1-10-8-13(21(2)20-10)16(22)17-15-9-12(18-19-15)11-6-4-5-7-14(11)23-3/h4-8,12,15,18-19H,9H2,1-3H3,(H,17,22). The van der Waals surface area contributed by atoms with E-state index in [1.165, 1.54) is 0 Å². The maximum Gasteiger partial charge on any atom is 0.270 e. The van der Waals surface area contributed by atoms with E-state index in [1.54, 1.807) is 24.9 Å². The number of aryl methyl sites for hydroxylation is 2. The first-order chi connectivity index (χ1) is 11.1. The third-order valence-corrected chi connectivity index (χ3v) is 3.96. The van der Waals surface area contributed by atoms with Gasteiger partial charge in [0.1, 0.15) is 11.4 Å². The molecule has 2 atom stereocenters. The summed E-state index contributed by atoms with van der Waals surface area (Å²) in [6, 6.07) is 9.71. The summed E-state index contributed by atoms with van der Waals surface area (Å²) in [6.45, 7) is 1.86. The highest BCUT2D eigenvalue weighted by molar-refractivity contribution is 5.92. The number of amides is 1. The van der Waals surface area contributed by atoms with Crippen molar-refractivity contribution in [3.05, 3.63) is 47.3 Å². The minimum Gasteiger partial charge on any atom is -0.496 e. The van der Waals surface area contributed by atoms with Crippen LogP contribution in [-0.2, 0) is 7.05 Å². The van der Waals surface area contributed by atoms with Crippen molar-refractivity contribution in [3.8, 4) is 5.75 Å². The Morgan fingerprint density at radius 1 is 1.39 bits per heavy atom. The van der Waals surface area contributed by atoms with E-state index in [2.05, 4.69) is 21.3 Å². The summed E-state index contributed by atoms with van der Waals surface area (Å²) in [5.41, 5.74) is 8.76. The molecule has 2 unspecified atom stereocenters. The molecule has 1 amide bonds. The molecule has 0 bridgehead atoms. The first-order valence-electron chi connectivity index (χ1n) is 7.54. The van der Waals surface area contributed by atoms with E-state index in [0.717, 1.165) is 23.4 Å². The minimum absolute atomic E-state index is 0.0738. The quantitative estimate of drug-likeness (QED) is 0.785. The van der Waals surface area contributed by atoms with Crippen LogP contribution in [0.15, 0.2) is 30.3 Å². The fourth-order valence-corrected chi connectivity index (χ4v) is 2.86. The average molecular weight is 315 g/mol. The SMILES string of the molecule is COc1ccccc1C1CC(NC(=O)c2cc(C)nn2C)NN1. The number of methoxy groups -OCH3 is 1. The predicted octanol–water partition coefficient (Wildman–Crippen LogP) is 1.03. The van der Waals surface area contributed by atoms with E-state index in [-0.39, 0.29) is 18.1 Å². The number of carbonyl (C=O) groups excluding carboxylic acids is 1. The van der Waals surface area contributed by atoms with Crippen LogP contribution in [0.4, 0.5) is 0 Å². The molecule has 1 saturated heterocycles. The zero-order chi connectivity index (χ0) is 16.4. The fourth-order valence-electron chi connectivity index (χ4n) is 2.86. The van der Waals surface area contributed by atoms with Gasteiger partial charge < -0.3 is 10.1 Å². The van der Waals surface area contributed by atoms with Gasteiger partial charge in [0.2, 0.25) is 0 Å². The van der Waals surface area contributed by atoms with E-state index >= 15 is 0 Å². The Hall–Kier alpha value is -2.38. The molecule has 1 aliphatic rings. The Labute approximate surface area is 135 Å². The van der Waals surface area contributed by atoms with Crippen LogP contribution >= 0.6 is 0 Å². The second-order valence-corrected chi connectivity index (χ2v) is 5.64. The lowest BCUT2D eigenvalue weighted by Crippen LogP contribution is -2.44. The molecule has 2 aromatic rings. The van der Waals surface area contributed by atoms with E-state index in [9.17, 15) is 4.79 Å². The highest BCUT2D eigenvalue weighted by Crippen LogP contribution is 2.29. The molecule has 23 heavy (non-hydrogen) atoms. The van der Waals surface area contributed by atoms with Crippen molar-refractivity contribution in [2.45, 2.75) is 25.6 Å². The number of ether oxygens (including phenoxy) is 1. The second kappa shape index (κ2) is 6.39. The van der Waals surface area contributed by atoms with Crippen molar-refractivity contribution in [2.24, 2.45) is 7.05 Å². The van der Waals surface area contributed by atoms with Crippen LogP contribution in [0.5, 0.6) is 5.75 Å². The number of hydrazine groups is 1. The molecular weight excluding hydrogens is 294 g/mol. The summed E-state index contributed by atoms with van der Waals surface area (Å²) in [7, 11) is 3.42. The number of hydrogen-bond donors (Lipinski definition) is 3. The molecule has 7 nitrogen and oxygen atoms in total. The lowest BCUT2D eigenvalue weighted by atomic mass is 10.0. The number of rotatable bonds is 4. The molecule has 1 aromatic heterocycles. The van der Waals surface area contributed by atoms with Crippen molar-refractivity contribution in [1.29, 1.82) is 0 Å². The molecule has 3 rings (SSSR count). The zero-order valence-corrected chi connectivity index (χ0v) is 13.5. The second-order valence-electron chi connectivity index (χ2n) is 5.64. The summed E-state index contributed by atoms with van der Waals surface area (Å²) in [6.07, 6.45) is 0.566. The average Bonchev–Trinajstić information content (AvgIpc) is 3.13. The number of aromatic nitrogens is 2. The summed E-state index contributed by atoms with van der Waals surface area (Å²) in [5, 5.41) is 7.17. The van der Waals surface area contributed by atoms with E-state index < -0.39 is 0 Å². The van der Waals surface area contributed by atoms with Gasteiger partial charge in [-0.3, -0.25) is 9.48 Å². The van der Waals surface area contributed by atoms with Gasteiger partial charge >= 0.3 is 0 Å². The third-order valence-electron chi connectivity index (χ3n) is 3.96. The maximum atomic E-state index is 12.3. The third kappa shape index (κ3) is 3.20. The van der Waals surface area contributed by atoms with Crippen LogP contribution in [0.3, 0.4) is 0 Å². The van der Waals surface area contributed by atoms with Crippen molar-refractivity contribution >= 4 is 5.91 Å². The van der Waals surface area contributed by atoms with Gasteiger partial charge in [-0.1, -0.05) is 18.2 Å². The van der Waals surface area contributed by atoms with Crippen LogP contribution in [0, 0.1) is 6.92 Å². The van der Waals surface area contributed by atoms with Gasteiger partial charge in [0.25, 0.3) is 5.91 Å². The Bertz CT molecular complexity index is 712. The Balaban J connectivity index is 1.66. The highest BCUT2D eigenvalue weighted by atomic mass is 16.5. The summed E-state index contributed by atoms with van der Waals surface area (Å²) < 4.78 is 6.98. The normalized spacial score (nSPS) is 20.5. The number of benzene rings is 1. The summed E-state index contributed by atoms with van der Waals surface area (Å²) in [5.74, 6) is 0.689. The van der Waals surface area contributed by atoms with Crippen molar-refractivity contribution in [3.63, 3.8) is 0 Å². The van der Waals surface area contributed by atoms with Crippen molar-refractivity contribution < 1.29 is 9.53 Å².